The zero-order chi connectivity index (χ0) is 18.1. The van der Waals surface area contributed by atoms with E-state index >= 15 is 0 Å². The van der Waals surface area contributed by atoms with Crippen LogP contribution in [0, 0.1) is 18.8 Å². The molecule has 5 nitrogen and oxygen atoms in total. The summed E-state index contributed by atoms with van der Waals surface area (Å²) in [4.78, 5) is 2.57. The molecular formula is C20H30N2O3S. The topological polar surface area (TPSA) is 49.9 Å². The molecule has 0 radical (unpaired) electrons. The second-order valence-corrected chi connectivity index (χ2v) is 10.4. The molecule has 0 N–H and O–H groups in total. The van der Waals surface area contributed by atoms with Crippen LogP contribution in [0.1, 0.15) is 31.2 Å². The van der Waals surface area contributed by atoms with Crippen molar-refractivity contribution in [2.75, 3.05) is 38.5 Å². The molecule has 4 fully saturated rings. The molecule has 4 aliphatic rings. The highest BCUT2D eigenvalue weighted by atomic mass is 32.2. The predicted octanol–water partition coefficient (Wildman–Crippen LogP) is 2.51. The van der Waals surface area contributed by atoms with Crippen molar-refractivity contribution in [3.05, 3.63) is 29.8 Å². The third kappa shape index (κ3) is 4.41. The number of fused-ring (bicyclic) bond motifs is 4. The van der Waals surface area contributed by atoms with Gasteiger partial charge in [-0.05, 0) is 56.6 Å². The van der Waals surface area contributed by atoms with Crippen LogP contribution < -0.4 is 4.74 Å². The van der Waals surface area contributed by atoms with Crippen LogP contribution >= 0.6 is 0 Å². The average Bonchev–Trinajstić information content (AvgIpc) is 3.44. The predicted molar refractivity (Wildman–Crippen MR) is 103 cm³/mol. The normalized spacial score (nSPS) is 27.4. The summed E-state index contributed by atoms with van der Waals surface area (Å²) in [5.41, 5.74) is 1.17. The molecule has 3 aliphatic heterocycles. The number of hydrogen-bond acceptors (Lipinski definition) is 4. The van der Waals surface area contributed by atoms with Crippen LogP contribution in [0.2, 0.25) is 0 Å². The van der Waals surface area contributed by atoms with Crippen LogP contribution in [0.25, 0.3) is 0 Å². The number of piperidine rings is 1. The van der Waals surface area contributed by atoms with Gasteiger partial charge >= 0.3 is 0 Å². The Labute approximate surface area is 157 Å². The Bertz CT molecular complexity index is 715. The van der Waals surface area contributed by atoms with Gasteiger partial charge in [-0.25, -0.2) is 8.42 Å². The lowest BCUT2D eigenvalue weighted by molar-refractivity contribution is 0.127. The van der Waals surface area contributed by atoms with Gasteiger partial charge in [0.15, 0.2) is 0 Å². The standard InChI is InChI=1S/C20H30N2O3S/c1-16-2-8-20(9-3-16)25-10-11-26(23,24)22-14-18-6-7-19(15-22)21(13-18)12-17-4-5-17/h2-3,8-9,17-19H,4-7,10-15H2,1H3/t18-,19-/m1/s1. The fraction of sp³-hybridized carbons (Fsp3) is 0.700. The van der Waals surface area contributed by atoms with Gasteiger partial charge in [0.2, 0.25) is 10.0 Å². The van der Waals surface area contributed by atoms with Crippen LogP contribution in [0.4, 0.5) is 0 Å². The molecule has 0 spiro atoms. The van der Waals surface area contributed by atoms with Gasteiger partial charge in [-0.15, -0.1) is 0 Å². The van der Waals surface area contributed by atoms with Gasteiger partial charge in [-0.3, -0.25) is 4.90 Å². The first-order valence-corrected chi connectivity index (χ1v) is 11.5. The van der Waals surface area contributed by atoms with Gasteiger partial charge in [-0.1, -0.05) is 17.7 Å². The molecule has 1 aliphatic carbocycles. The highest BCUT2D eigenvalue weighted by molar-refractivity contribution is 7.89. The second kappa shape index (κ2) is 7.49. The number of nitrogens with zero attached hydrogens (tertiary/aromatic N) is 2. The van der Waals surface area contributed by atoms with Crippen molar-refractivity contribution < 1.29 is 13.2 Å². The second-order valence-electron chi connectivity index (χ2n) is 8.29. The molecule has 144 valence electrons. The Morgan fingerprint density at radius 1 is 1.04 bits per heavy atom. The van der Waals surface area contributed by atoms with E-state index < -0.39 is 10.0 Å². The third-order valence-corrected chi connectivity index (χ3v) is 7.77. The van der Waals surface area contributed by atoms with Crippen molar-refractivity contribution >= 4 is 10.0 Å². The van der Waals surface area contributed by atoms with E-state index in [1.54, 1.807) is 4.31 Å². The van der Waals surface area contributed by atoms with Crippen molar-refractivity contribution in [2.45, 2.75) is 38.6 Å². The average molecular weight is 379 g/mol. The summed E-state index contributed by atoms with van der Waals surface area (Å²) in [6, 6.07) is 8.14. The molecule has 1 saturated carbocycles. The van der Waals surface area contributed by atoms with E-state index in [0.29, 0.717) is 25.0 Å². The van der Waals surface area contributed by atoms with Crippen molar-refractivity contribution in [1.82, 2.24) is 9.21 Å². The highest BCUT2D eigenvalue weighted by Crippen LogP contribution is 2.35. The molecule has 0 unspecified atom stereocenters. The van der Waals surface area contributed by atoms with Gasteiger partial charge in [0.05, 0.1) is 5.75 Å². The molecule has 1 aromatic rings. The van der Waals surface area contributed by atoms with E-state index in [-0.39, 0.29) is 12.4 Å². The summed E-state index contributed by atoms with van der Waals surface area (Å²) in [6.45, 7) is 5.83. The van der Waals surface area contributed by atoms with Crippen LogP contribution in [-0.4, -0.2) is 62.2 Å². The Morgan fingerprint density at radius 3 is 2.54 bits per heavy atom. The van der Waals surface area contributed by atoms with Crippen LogP contribution in [-0.2, 0) is 10.0 Å². The van der Waals surface area contributed by atoms with E-state index in [0.717, 1.165) is 31.1 Å². The van der Waals surface area contributed by atoms with E-state index in [4.69, 9.17) is 4.74 Å². The molecule has 26 heavy (non-hydrogen) atoms. The van der Waals surface area contributed by atoms with Crippen LogP contribution in [0.3, 0.4) is 0 Å². The van der Waals surface area contributed by atoms with Gasteiger partial charge < -0.3 is 4.74 Å². The Hall–Kier alpha value is -1.11. The minimum Gasteiger partial charge on any atom is -0.492 e. The minimum absolute atomic E-state index is 0.0585. The highest BCUT2D eigenvalue weighted by Gasteiger charge is 2.40. The molecule has 3 saturated heterocycles. The van der Waals surface area contributed by atoms with E-state index in [1.807, 2.05) is 31.2 Å². The Morgan fingerprint density at radius 2 is 1.81 bits per heavy atom. The first-order valence-electron chi connectivity index (χ1n) is 9.91. The van der Waals surface area contributed by atoms with Gasteiger partial charge in [0.25, 0.3) is 0 Å². The Balaban J connectivity index is 1.34. The quantitative estimate of drug-likeness (QED) is 0.732. The van der Waals surface area contributed by atoms with Crippen molar-refractivity contribution in [2.24, 2.45) is 11.8 Å². The first kappa shape index (κ1) is 18.3. The largest absolute Gasteiger partial charge is 0.492 e. The fourth-order valence-corrected chi connectivity index (χ4v) is 5.64. The summed E-state index contributed by atoms with van der Waals surface area (Å²) >= 11 is 0. The van der Waals surface area contributed by atoms with E-state index in [2.05, 4.69) is 4.90 Å². The number of rotatable bonds is 7. The SMILES string of the molecule is Cc1ccc(OCCS(=O)(=O)N2C[C@@H]3CC[C@H](C2)N(CC2CC2)C3)cc1. The maximum atomic E-state index is 12.9. The molecule has 5 rings (SSSR count). The number of ether oxygens (including phenoxy) is 1. The smallest absolute Gasteiger partial charge is 0.217 e. The summed E-state index contributed by atoms with van der Waals surface area (Å²) in [7, 11) is -3.27. The van der Waals surface area contributed by atoms with E-state index in [1.165, 1.54) is 24.9 Å². The lowest BCUT2D eigenvalue weighted by atomic mass is 9.95. The van der Waals surface area contributed by atoms with Crippen molar-refractivity contribution in [3.63, 3.8) is 0 Å². The van der Waals surface area contributed by atoms with Crippen LogP contribution in [0.15, 0.2) is 24.3 Å². The molecule has 6 heteroatoms. The number of benzene rings is 1. The summed E-state index contributed by atoms with van der Waals surface area (Å²) in [5, 5.41) is 0. The molecular weight excluding hydrogens is 348 g/mol. The number of hydrogen-bond donors (Lipinski definition) is 0. The summed E-state index contributed by atoms with van der Waals surface area (Å²) < 4.78 is 33.1. The maximum absolute atomic E-state index is 12.9. The molecule has 0 aromatic heterocycles. The minimum atomic E-state index is -3.27. The maximum Gasteiger partial charge on any atom is 0.217 e. The molecule has 2 atom stereocenters. The molecule has 2 bridgehead atoms. The van der Waals surface area contributed by atoms with E-state index in [9.17, 15) is 8.42 Å². The van der Waals surface area contributed by atoms with Gasteiger partial charge in [-0.2, -0.15) is 4.31 Å². The first-order chi connectivity index (χ1) is 12.5. The number of aryl methyl sites for hydroxylation is 1. The van der Waals surface area contributed by atoms with Crippen molar-refractivity contribution in [1.29, 1.82) is 0 Å². The summed E-state index contributed by atoms with van der Waals surface area (Å²) in [5.74, 6) is 2.14. The fourth-order valence-electron chi connectivity index (χ4n) is 4.25. The van der Waals surface area contributed by atoms with Crippen molar-refractivity contribution in [3.8, 4) is 5.75 Å². The lowest BCUT2D eigenvalue weighted by Gasteiger charge is -2.36. The van der Waals surface area contributed by atoms with Crippen LogP contribution in [0.5, 0.6) is 5.75 Å². The Kier molecular flexibility index (Phi) is 5.26. The monoisotopic (exact) mass is 378 g/mol. The number of sulfonamides is 1. The summed E-state index contributed by atoms with van der Waals surface area (Å²) in [6.07, 6.45) is 5.01. The molecule has 0 amide bonds. The zero-order valence-electron chi connectivity index (χ0n) is 15.6. The molecule has 3 heterocycles. The zero-order valence-corrected chi connectivity index (χ0v) is 16.5. The lowest BCUT2D eigenvalue weighted by Crippen LogP contribution is -2.45. The molecule has 1 aromatic carbocycles. The van der Waals surface area contributed by atoms with Gasteiger partial charge in [0, 0.05) is 32.2 Å². The third-order valence-electron chi connectivity index (χ3n) is 6.01. The van der Waals surface area contributed by atoms with Gasteiger partial charge in [0.1, 0.15) is 12.4 Å².